The molecule has 0 unspecified atom stereocenters. The first kappa shape index (κ1) is 19.8. The van der Waals surface area contributed by atoms with Gasteiger partial charge in [-0.05, 0) is 12.8 Å². The Morgan fingerprint density at radius 3 is 2.05 bits per heavy atom. The van der Waals surface area contributed by atoms with Gasteiger partial charge in [0.25, 0.3) is 10.2 Å². The molecule has 0 aromatic carbocycles. The van der Waals surface area contributed by atoms with E-state index in [1.807, 2.05) is 0 Å². The molecule has 0 rings (SSSR count). The van der Waals surface area contributed by atoms with Crippen LogP contribution in [0.5, 0.6) is 0 Å². The highest BCUT2D eigenvalue weighted by Gasteiger charge is 2.15. The number of unbranched alkanes of at least 4 members (excludes halogenated alkanes) is 7. The highest BCUT2D eigenvalue weighted by atomic mass is 32.2. The van der Waals surface area contributed by atoms with Gasteiger partial charge in [-0.1, -0.05) is 51.9 Å². The molecule has 0 radical (unpaired) electrons. The summed E-state index contributed by atoms with van der Waals surface area (Å²) in [6.45, 7) is 3.07. The summed E-state index contributed by atoms with van der Waals surface area (Å²) in [6, 6.07) is 0. The van der Waals surface area contributed by atoms with Crippen LogP contribution < -0.4 is 4.72 Å². The summed E-state index contributed by atoms with van der Waals surface area (Å²) in [5, 5.41) is 8.69. The third kappa shape index (κ3) is 10.6. The minimum absolute atomic E-state index is 0.0118. The van der Waals surface area contributed by atoms with Crippen LogP contribution in [0.2, 0.25) is 0 Å². The molecule has 0 aliphatic heterocycles. The molecular formula is C14H32N2O3S. The van der Waals surface area contributed by atoms with Gasteiger partial charge in [0.05, 0.1) is 0 Å². The first-order valence-corrected chi connectivity index (χ1v) is 9.30. The number of nitrogens with zero attached hydrogens (tertiary/aromatic N) is 1. The van der Waals surface area contributed by atoms with Gasteiger partial charge in [-0.15, -0.1) is 0 Å². The molecule has 6 heteroatoms. The maximum Gasteiger partial charge on any atom is 0.279 e. The molecule has 0 amide bonds. The molecule has 0 aromatic rings. The van der Waals surface area contributed by atoms with Crippen LogP contribution in [-0.4, -0.2) is 44.6 Å². The highest BCUT2D eigenvalue weighted by molar-refractivity contribution is 7.87. The Hall–Kier alpha value is -0.170. The largest absolute Gasteiger partial charge is 0.396 e. The van der Waals surface area contributed by atoms with Crippen LogP contribution in [0.25, 0.3) is 0 Å². The van der Waals surface area contributed by atoms with Gasteiger partial charge in [-0.25, -0.2) is 4.72 Å². The van der Waals surface area contributed by atoms with Crippen molar-refractivity contribution < 1.29 is 13.5 Å². The number of hydrogen-bond acceptors (Lipinski definition) is 3. The zero-order chi connectivity index (χ0) is 15.3. The number of rotatable bonds is 14. The summed E-state index contributed by atoms with van der Waals surface area (Å²) in [5.74, 6) is 0. The molecule has 0 aromatic heterocycles. The van der Waals surface area contributed by atoms with Gasteiger partial charge in [-0.3, -0.25) is 0 Å². The Kier molecular flexibility index (Phi) is 12.5. The van der Waals surface area contributed by atoms with Crippen molar-refractivity contribution in [3.05, 3.63) is 0 Å². The Labute approximate surface area is 124 Å². The zero-order valence-corrected chi connectivity index (χ0v) is 13.9. The van der Waals surface area contributed by atoms with E-state index in [-0.39, 0.29) is 6.61 Å². The van der Waals surface area contributed by atoms with Gasteiger partial charge in [-0.2, -0.15) is 12.7 Å². The molecule has 0 bridgehead atoms. The number of nitrogens with one attached hydrogen (secondary N) is 1. The molecule has 0 aliphatic carbocycles. The lowest BCUT2D eigenvalue weighted by molar-refractivity contribution is 0.275. The lowest BCUT2D eigenvalue weighted by Crippen LogP contribution is -2.39. The van der Waals surface area contributed by atoms with E-state index in [1.165, 1.54) is 49.9 Å². The minimum Gasteiger partial charge on any atom is -0.396 e. The second-order valence-electron chi connectivity index (χ2n) is 5.27. The third-order valence-corrected chi connectivity index (χ3v) is 4.93. The van der Waals surface area contributed by atoms with E-state index in [1.54, 1.807) is 0 Å². The second kappa shape index (κ2) is 12.6. The maximum absolute atomic E-state index is 11.8. The molecule has 0 fully saturated rings. The van der Waals surface area contributed by atoms with Gasteiger partial charge in [0.2, 0.25) is 0 Å². The Bertz CT molecular complexity index is 308. The van der Waals surface area contributed by atoms with Crippen LogP contribution in [0.4, 0.5) is 0 Å². The summed E-state index contributed by atoms with van der Waals surface area (Å²) < 4.78 is 27.4. The van der Waals surface area contributed by atoms with Crippen molar-refractivity contribution in [1.82, 2.24) is 9.03 Å². The molecule has 5 nitrogen and oxygen atoms in total. The average Bonchev–Trinajstić information content (AvgIpc) is 2.42. The zero-order valence-electron chi connectivity index (χ0n) is 13.1. The van der Waals surface area contributed by atoms with Gasteiger partial charge < -0.3 is 5.11 Å². The molecule has 0 saturated carbocycles. The number of aliphatic hydroxyl groups is 1. The molecule has 2 N–H and O–H groups in total. The maximum atomic E-state index is 11.8. The Morgan fingerprint density at radius 2 is 1.50 bits per heavy atom. The second-order valence-corrected chi connectivity index (χ2v) is 7.14. The quantitative estimate of drug-likeness (QED) is 0.484. The van der Waals surface area contributed by atoms with Gasteiger partial charge in [0.15, 0.2) is 0 Å². The summed E-state index contributed by atoms with van der Waals surface area (Å²) in [6.07, 6.45) is 10.1. The lowest BCUT2D eigenvalue weighted by Gasteiger charge is -2.17. The summed E-state index contributed by atoms with van der Waals surface area (Å²) in [4.78, 5) is 0. The standard InChI is InChI=1S/C14H32N2O3S/c1-3-4-5-6-7-8-9-10-12-15-20(18,19)16(2)13-11-14-17/h15,17H,3-14H2,1-2H3. The topological polar surface area (TPSA) is 69.6 Å². The molecule has 0 spiro atoms. The van der Waals surface area contributed by atoms with Crippen molar-refractivity contribution in [1.29, 1.82) is 0 Å². The van der Waals surface area contributed by atoms with Crippen molar-refractivity contribution in [2.75, 3.05) is 26.7 Å². The molecule has 122 valence electrons. The summed E-state index contributed by atoms with van der Waals surface area (Å²) in [7, 11) is -1.83. The van der Waals surface area contributed by atoms with Crippen molar-refractivity contribution in [3.8, 4) is 0 Å². The Balaban J connectivity index is 3.53. The SMILES string of the molecule is CCCCCCCCCCNS(=O)(=O)N(C)CCCO. The normalized spacial score (nSPS) is 12.2. The van der Waals surface area contributed by atoms with Gasteiger partial charge in [0, 0.05) is 26.7 Å². The van der Waals surface area contributed by atoms with Crippen LogP contribution in [0.3, 0.4) is 0 Å². The predicted octanol–water partition coefficient (Wildman–Crippen LogP) is 2.28. The van der Waals surface area contributed by atoms with Crippen molar-refractivity contribution in [3.63, 3.8) is 0 Å². The van der Waals surface area contributed by atoms with E-state index in [2.05, 4.69) is 11.6 Å². The minimum atomic E-state index is -3.37. The fourth-order valence-electron chi connectivity index (χ4n) is 1.98. The van der Waals surface area contributed by atoms with Crippen LogP contribution in [0.15, 0.2) is 0 Å². The van der Waals surface area contributed by atoms with Gasteiger partial charge >= 0.3 is 0 Å². The predicted molar refractivity (Wildman–Crippen MR) is 83.9 cm³/mol. The number of hydrogen-bond donors (Lipinski definition) is 2. The highest BCUT2D eigenvalue weighted by Crippen LogP contribution is 2.08. The lowest BCUT2D eigenvalue weighted by atomic mass is 10.1. The third-order valence-electron chi connectivity index (χ3n) is 3.36. The molecule has 0 aliphatic rings. The first-order chi connectivity index (χ1) is 9.54. The van der Waals surface area contributed by atoms with Crippen LogP contribution in [0.1, 0.15) is 64.7 Å². The smallest absolute Gasteiger partial charge is 0.279 e. The van der Waals surface area contributed by atoms with Crippen LogP contribution in [0, 0.1) is 0 Å². The van der Waals surface area contributed by atoms with Crippen molar-refractivity contribution in [2.24, 2.45) is 0 Å². The van der Waals surface area contributed by atoms with E-state index in [0.29, 0.717) is 19.5 Å². The van der Waals surface area contributed by atoms with Crippen molar-refractivity contribution in [2.45, 2.75) is 64.7 Å². The van der Waals surface area contributed by atoms with E-state index in [9.17, 15) is 8.42 Å². The average molecular weight is 308 g/mol. The van der Waals surface area contributed by atoms with Crippen molar-refractivity contribution >= 4 is 10.2 Å². The van der Waals surface area contributed by atoms with E-state index in [0.717, 1.165) is 12.8 Å². The van der Waals surface area contributed by atoms with Crippen LogP contribution in [-0.2, 0) is 10.2 Å². The van der Waals surface area contributed by atoms with E-state index >= 15 is 0 Å². The molecule has 0 heterocycles. The molecule has 0 saturated heterocycles. The van der Waals surface area contributed by atoms with Gasteiger partial charge in [0.1, 0.15) is 0 Å². The molecular weight excluding hydrogens is 276 g/mol. The number of aliphatic hydroxyl groups excluding tert-OH is 1. The van der Waals surface area contributed by atoms with Crippen LogP contribution >= 0.6 is 0 Å². The first-order valence-electron chi connectivity index (χ1n) is 7.86. The monoisotopic (exact) mass is 308 g/mol. The molecule has 0 atom stereocenters. The fraction of sp³-hybridized carbons (Fsp3) is 1.00. The Morgan fingerprint density at radius 1 is 0.950 bits per heavy atom. The fourth-order valence-corrected chi connectivity index (χ4v) is 2.98. The summed E-state index contributed by atoms with van der Waals surface area (Å²) in [5.41, 5.74) is 0. The van der Waals surface area contributed by atoms with E-state index in [4.69, 9.17) is 5.11 Å². The molecule has 20 heavy (non-hydrogen) atoms. The summed E-state index contributed by atoms with van der Waals surface area (Å²) >= 11 is 0. The van der Waals surface area contributed by atoms with E-state index < -0.39 is 10.2 Å².